The summed E-state index contributed by atoms with van der Waals surface area (Å²) in [6, 6.07) is 7.52. The highest BCUT2D eigenvalue weighted by molar-refractivity contribution is 5.79. The quantitative estimate of drug-likeness (QED) is 0.565. The van der Waals surface area contributed by atoms with Crippen LogP contribution in [0.2, 0.25) is 0 Å². The van der Waals surface area contributed by atoms with E-state index in [1.807, 2.05) is 42.0 Å². The fraction of sp³-hybridized carbons (Fsp3) is 0.450. The van der Waals surface area contributed by atoms with Crippen molar-refractivity contribution in [1.82, 2.24) is 14.5 Å². The molecule has 0 radical (unpaired) electrons. The summed E-state index contributed by atoms with van der Waals surface area (Å²) in [5.74, 6) is 0.466. The molecule has 0 aliphatic heterocycles. The molecule has 0 saturated heterocycles. The Kier molecular flexibility index (Phi) is 8.35. The lowest BCUT2D eigenvalue weighted by Gasteiger charge is -2.22. The molecular weight excluding hydrogens is 346 g/mol. The Hall–Kier alpha value is -2.83. The van der Waals surface area contributed by atoms with Crippen molar-refractivity contribution in [1.29, 1.82) is 0 Å². The molecule has 1 aromatic carbocycles. The van der Waals surface area contributed by atoms with Gasteiger partial charge in [-0.25, -0.2) is 4.98 Å². The molecule has 0 saturated carbocycles. The van der Waals surface area contributed by atoms with E-state index in [4.69, 9.17) is 9.47 Å². The van der Waals surface area contributed by atoms with E-state index in [1.54, 1.807) is 17.4 Å². The van der Waals surface area contributed by atoms with Crippen molar-refractivity contribution in [3.63, 3.8) is 0 Å². The number of carbonyl (C=O) groups is 2. The lowest BCUT2D eigenvalue weighted by molar-refractivity contribution is -0.141. The second-order valence-electron chi connectivity index (χ2n) is 6.11. The number of esters is 1. The Bertz CT molecular complexity index is 699. The number of rotatable bonds is 11. The third-order valence-electron chi connectivity index (χ3n) is 4.16. The van der Waals surface area contributed by atoms with Crippen LogP contribution in [0.4, 0.5) is 0 Å². The van der Waals surface area contributed by atoms with Crippen molar-refractivity contribution in [2.45, 2.75) is 32.7 Å². The molecule has 0 fully saturated rings. The standard InChI is InChI=1S/C20H27N3O4/c1-3-27-18-7-5-17(6-8-18)15-19(24)23(13-9-20(25)26-2)12-4-11-22-14-10-21-16-22/h5-8,10,14,16H,3-4,9,11-13,15H2,1-2H3. The van der Waals surface area contributed by atoms with Crippen LogP contribution in [-0.2, 0) is 27.3 Å². The average molecular weight is 373 g/mol. The minimum atomic E-state index is -0.316. The molecule has 0 bridgehead atoms. The van der Waals surface area contributed by atoms with E-state index in [1.165, 1.54) is 7.11 Å². The van der Waals surface area contributed by atoms with Gasteiger partial charge in [0.1, 0.15) is 5.75 Å². The lowest BCUT2D eigenvalue weighted by atomic mass is 10.1. The molecule has 2 rings (SSSR count). The van der Waals surface area contributed by atoms with Gasteiger partial charge in [0, 0.05) is 32.0 Å². The Balaban J connectivity index is 1.92. The van der Waals surface area contributed by atoms with Gasteiger partial charge in [0.25, 0.3) is 0 Å². The van der Waals surface area contributed by atoms with E-state index in [9.17, 15) is 9.59 Å². The SMILES string of the molecule is CCOc1ccc(CC(=O)N(CCCn2ccnc2)CCC(=O)OC)cc1. The van der Waals surface area contributed by atoms with Gasteiger partial charge < -0.3 is 18.9 Å². The number of hydrogen-bond donors (Lipinski definition) is 0. The number of amides is 1. The third-order valence-corrected chi connectivity index (χ3v) is 4.16. The number of methoxy groups -OCH3 is 1. The van der Waals surface area contributed by atoms with Crippen LogP contribution in [-0.4, -0.2) is 53.1 Å². The summed E-state index contributed by atoms with van der Waals surface area (Å²) in [6.07, 6.45) is 6.63. The molecule has 0 aliphatic rings. The van der Waals surface area contributed by atoms with Gasteiger partial charge in [-0.05, 0) is 31.0 Å². The molecule has 7 nitrogen and oxygen atoms in total. The minimum absolute atomic E-state index is 0.00584. The number of carbonyl (C=O) groups excluding carboxylic acids is 2. The normalized spacial score (nSPS) is 10.4. The molecule has 0 N–H and O–H groups in total. The minimum Gasteiger partial charge on any atom is -0.494 e. The number of imidazole rings is 1. The van der Waals surface area contributed by atoms with Crippen LogP contribution in [0.5, 0.6) is 5.75 Å². The highest BCUT2D eigenvalue weighted by Gasteiger charge is 2.16. The predicted octanol–water partition coefficient (Wildman–Crippen LogP) is 2.31. The monoisotopic (exact) mass is 373 g/mol. The summed E-state index contributed by atoms with van der Waals surface area (Å²) in [5.41, 5.74) is 0.918. The van der Waals surface area contributed by atoms with E-state index >= 15 is 0 Å². The van der Waals surface area contributed by atoms with E-state index in [0.29, 0.717) is 26.1 Å². The molecule has 146 valence electrons. The van der Waals surface area contributed by atoms with Crippen LogP contribution in [0.25, 0.3) is 0 Å². The molecule has 27 heavy (non-hydrogen) atoms. The highest BCUT2D eigenvalue weighted by Crippen LogP contribution is 2.13. The van der Waals surface area contributed by atoms with Crippen LogP contribution in [0.1, 0.15) is 25.3 Å². The summed E-state index contributed by atoms with van der Waals surface area (Å²) in [7, 11) is 1.35. The first-order chi connectivity index (χ1) is 13.1. The lowest BCUT2D eigenvalue weighted by Crippen LogP contribution is -2.35. The zero-order valence-electron chi connectivity index (χ0n) is 16.0. The van der Waals surface area contributed by atoms with Gasteiger partial charge in [0.2, 0.25) is 5.91 Å². The topological polar surface area (TPSA) is 73.7 Å². The van der Waals surface area contributed by atoms with Gasteiger partial charge in [0.15, 0.2) is 0 Å². The maximum absolute atomic E-state index is 12.7. The van der Waals surface area contributed by atoms with Crippen LogP contribution in [0.15, 0.2) is 43.0 Å². The Morgan fingerprint density at radius 3 is 2.59 bits per heavy atom. The van der Waals surface area contributed by atoms with Crippen molar-refractivity contribution in [2.24, 2.45) is 0 Å². The Labute approximate surface area is 159 Å². The molecule has 1 aromatic heterocycles. The van der Waals surface area contributed by atoms with Crippen molar-refractivity contribution in [3.05, 3.63) is 48.5 Å². The number of benzene rings is 1. The van der Waals surface area contributed by atoms with Crippen LogP contribution in [0.3, 0.4) is 0 Å². The summed E-state index contributed by atoms with van der Waals surface area (Å²) < 4.78 is 12.1. The summed E-state index contributed by atoms with van der Waals surface area (Å²) in [5, 5.41) is 0. The molecule has 1 amide bonds. The average Bonchev–Trinajstić information content (AvgIpc) is 3.19. The maximum Gasteiger partial charge on any atom is 0.307 e. The van der Waals surface area contributed by atoms with Gasteiger partial charge in [-0.2, -0.15) is 0 Å². The van der Waals surface area contributed by atoms with Crippen LogP contribution >= 0.6 is 0 Å². The number of aromatic nitrogens is 2. The van der Waals surface area contributed by atoms with E-state index in [0.717, 1.165) is 24.3 Å². The van der Waals surface area contributed by atoms with Crippen molar-refractivity contribution in [3.8, 4) is 5.75 Å². The fourth-order valence-corrected chi connectivity index (χ4v) is 2.71. The van der Waals surface area contributed by atoms with Crippen LogP contribution in [0, 0.1) is 0 Å². The van der Waals surface area contributed by atoms with Crippen LogP contribution < -0.4 is 4.74 Å². The largest absolute Gasteiger partial charge is 0.494 e. The molecule has 0 aliphatic carbocycles. The first kappa shape index (κ1) is 20.5. The Morgan fingerprint density at radius 1 is 1.19 bits per heavy atom. The number of hydrogen-bond acceptors (Lipinski definition) is 5. The number of ether oxygens (including phenoxy) is 2. The second kappa shape index (κ2) is 11.0. The summed E-state index contributed by atoms with van der Waals surface area (Å²) in [6.45, 7) is 4.24. The predicted molar refractivity (Wildman–Crippen MR) is 101 cm³/mol. The molecule has 0 unspecified atom stereocenters. The maximum atomic E-state index is 12.7. The molecule has 7 heteroatoms. The smallest absolute Gasteiger partial charge is 0.307 e. The molecule has 0 atom stereocenters. The summed E-state index contributed by atoms with van der Waals surface area (Å²) >= 11 is 0. The number of nitrogens with zero attached hydrogens (tertiary/aromatic N) is 3. The summed E-state index contributed by atoms with van der Waals surface area (Å²) in [4.78, 5) is 29.9. The van der Waals surface area contributed by atoms with E-state index in [-0.39, 0.29) is 18.3 Å². The fourth-order valence-electron chi connectivity index (χ4n) is 2.71. The highest BCUT2D eigenvalue weighted by atomic mass is 16.5. The van der Waals surface area contributed by atoms with E-state index < -0.39 is 0 Å². The van der Waals surface area contributed by atoms with Gasteiger partial charge >= 0.3 is 5.97 Å². The molecule has 1 heterocycles. The zero-order chi connectivity index (χ0) is 19.5. The van der Waals surface area contributed by atoms with Crippen molar-refractivity contribution in [2.75, 3.05) is 26.8 Å². The van der Waals surface area contributed by atoms with Crippen molar-refractivity contribution >= 4 is 11.9 Å². The zero-order valence-corrected chi connectivity index (χ0v) is 16.0. The van der Waals surface area contributed by atoms with Gasteiger partial charge in [-0.15, -0.1) is 0 Å². The number of aryl methyl sites for hydroxylation is 1. The van der Waals surface area contributed by atoms with E-state index in [2.05, 4.69) is 4.98 Å². The van der Waals surface area contributed by atoms with Gasteiger partial charge in [-0.3, -0.25) is 9.59 Å². The molecular formula is C20H27N3O4. The van der Waals surface area contributed by atoms with Gasteiger partial charge in [-0.1, -0.05) is 12.1 Å². The van der Waals surface area contributed by atoms with Crippen molar-refractivity contribution < 1.29 is 19.1 Å². The van der Waals surface area contributed by atoms with Gasteiger partial charge in [0.05, 0.1) is 32.9 Å². The molecule has 2 aromatic rings. The first-order valence-electron chi connectivity index (χ1n) is 9.14. The third kappa shape index (κ3) is 7.13. The Morgan fingerprint density at radius 2 is 1.96 bits per heavy atom. The molecule has 0 spiro atoms. The first-order valence-corrected chi connectivity index (χ1v) is 9.14. The second-order valence-corrected chi connectivity index (χ2v) is 6.11.